The number of nitrogens with zero attached hydrogens (tertiary/aromatic N) is 1. The van der Waals surface area contributed by atoms with Gasteiger partial charge in [-0.1, -0.05) is 6.07 Å². The number of fused-ring (bicyclic) bond motifs is 1. The lowest BCUT2D eigenvalue weighted by molar-refractivity contribution is 0.172. The Kier molecular flexibility index (Phi) is 2.38. The van der Waals surface area contributed by atoms with Crippen molar-refractivity contribution in [3.63, 3.8) is 0 Å². The monoisotopic (exact) mass is 249 g/mol. The normalized spacial score (nSPS) is 18.6. The maximum absolute atomic E-state index is 10.5. The molecule has 1 fully saturated rings. The molecule has 0 amide bonds. The molecule has 5 heteroatoms. The topological polar surface area (TPSA) is 47.9 Å². The van der Waals surface area contributed by atoms with Crippen LogP contribution in [0.3, 0.4) is 0 Å². The van der Waals surface area contributed by atoms with Crippen LogP contribution in [0, 0.1) is 0 Å². The first-order valence-corrected chi connectivity index (χ1v) is 6.59. The van der Waals surface area contributed by atoms with Crippen molar-refractivity contribution in [2.24, 2.45) is 4.99 Å². The molecule has 1 aliphatic carbocycles. The van der Waals surface area contributed by atoms with E-state index in [9.17, 15) is 4.79 Å². The summed E-state index contributed by atoms with van der Waals surface area (Å²) in [5, 5.41) is 0. The average Bonchev–Trinajstić information content (AvgIpc) is 2.96. The van der Waals surface area contributed by atoms with Gasteiger partial charge in [0.25, 0.3) is 0 Å². The fourth-order valence-corrected chi connectivity index (χ4v) is 2.99. The van der Waals surface area contributed by atoms with Gasteiger partial charge >= 0.3 is 0 Å². The van der Waals surface area contributed by atoms with E-state index in [0.29, 0.717) is 0 Å². The molecule has 4 nitrogen and oxygen atoms in total. The van der Waals surface area contributed by atoms with E-state index in [0.717, 1.165) is 34.8 Å². The molecule has 0 unspecified atom stereocenters. The number of thioether (sulfide) groups is 1. The zero-order valence-corrected chi connectivity index (χ0v) is 10.2. The third-order valence-corrected chi connectivity index (χ3v) is 4.00. The number of rotatable bonds is 3. The Morgan fingerprint density at radius 2 is 2.24 bits per heavy atom. The van der Waals surface area contributed by atoms with Gasteiger partial charge in [-0.3, -0.25) is 0 Å². The summed E-state index contributed by atoms with van der Waals surface area (Å²) in [6, 6.07) is 3.87. The van der Waals surface area contributed by atoms with Gasteiger partial charge in [0.2, 0.25) is 12.9 Å². The summed E-state index contributed by atoms with van der Waals surface area (Å²) < 4.78 is 10.8. The summed E-state index contributed by atoms with van der Waals surface area (Å²) in [6.07, 6.45) is 5.47. The Morgan fingerprint density at radius 3 is 2.88 bits per heavy atom. The summed E-state index contributed by atoms with van der Waals surface area (Å²) in [6.45, 7) is 0.260. The van der Waals surface area contributed by atoms with Crippen LogP contribution in [0.25, 0.3) is 0 Å². The lowest BCUT2D eigenvalue weighted by Crippen LogP contribution is -2.04. The van der Waals surface area contributed by atoms with Crippen LogP contribution in [0.15, 0.2) is 22.0 Å². The second-order valence-corrected chi connectivity index (χ2v) is 4.93. The third kappa shape index (κ3) is 1.54. The molecule has 1 saturated carbocycles. The predicted molar refractivity (Wildman–Crippen MR) is 63.4 cm³/mol. The summed E-state index contributed by atoms with van der Waals surface area (Å²) in [4.78, 5) is 15.5. The molecular weight excluding hydrogens is 238 g/mol. The summed E-state index contributed by atoms with van der Waals surface area (Å²) in [5.74, 6) is 1.55. The van der Waals surface area contributed by atoms with E-state index in [4.69, 9.17) is 9.47 Å². The molecule has 0 bridgehead atoms. The Bertz CT molecular complexity index is 519. The minimum absolute atomic E-state index is 0.260. The van der Waals surface area contributed by atoms with Gasteiger partial charge in [0.15, 0.2) is 11.5 Å². The van der Waals surface area contributed by atoms with E-state index in [1.807, 2.05) is 18.4 Å². The number of isocyanates is 1. The third-order valence-electron chi connectivity index (χ3n) is 3.18. The van der Waals surface area contributed by atoms with Crippen molar-refractivity contribution in [3.05, 3.63) is 17.7 Å². The number of ether oxygens (including phenoxy) is 2. The smallest absolute Gasteiger partial charge is 0.235 e. The van der Waals surface area contributed by atoms with Crippen molar-refractivity contribution in [3.8, 4) is 11.5 Å². The van der Waals surface area contributed by atoms with Gasteiger partial charge in [0, 0.05) is 0 Å². The van der Waals surface area contributed by atoms with E-state index in [2.05, 4.69) is 4.99 Å². The molecule has 0 aromatic heterocycles. The number of hydrogen-bond donors (Lipinski definition) is 0. The fraction of sp³-hybridized carbons (Fsp3) is 0.417. The molecule has 2 aliphatic rings. The van der Waals surface area contributed by atoms with Gasteiger partial charge in [0.05, 0.1) is 10.4 Å². The van der Waals surface area contributed by atoms with E-state index in [-0.39, 0.29) is 12.3 Å². The first-order valence-electron chi connectivity index (χ1n) is 5.37. The van der Waals surface area contributed by atoms with Crippen LogP contribution in [-0.2, 0) is 10.3 Å². The maximum atomic E-state index is 10.5. The minimum Gasteiger partial charge on any atom is -0.454 e. The zero-order chi connectivity index (χ0) is 11.9. The molecule has 0 spiro atoms. The number of benzene rings is 1. The standard InChI is InChI=1S/C12H11NO3S/c1-17-11-8(12(4-5-12)13-6-14)2-3-9-10(11)16-7-15-9/h2-3H,4-5,7H2,1H3. The van der Waals surface area contributed by atoms with E-state index >= 15 is 0 Å². The first-order chi connectivity index (χ1) is 8.30. The molecule has 3 rings (SSSR count). The van der Waals surface area contributed by atoms with Crippen molar-refractivity contribution >= 4 is 17.8 Å². The van der Waals surface area contributed by atoms with Gasteiger partial charge in [-0.25, -0.2) is 4.79 Å². The molecule has 0 N–H and O–H groups in total. The van der Waals surface area contributed by atoms with Crippen LogP contribution < -0.4 is 9.47 Å². The molecule has 1 heterocycles. The van der Waals surface area contributed by atoms with Gasteiger partial charge in [-0.15, -0.1) is 11.8 Å². The summed E-state index contributed by atoms with van der Waals surface area (Å²) in [5.41, 5.74) is 0.693. The van der Waals surface area contributed by atoms with Crippen molar-refractivity contribution in [2.45, 2.75) is 23.3 Å². The molecule has 0 saturated heterocycles. The Balaban J connectivity index is 2.15. The van der Waals surface area contributed by atoms with E-state index < -0.39 is 0 Å². The van der Waals surface area contributed by atoms with Gasteiger partial charge in [0.1, 0.15) is 0 Å². The molecule has 1 aromatic rings. The Hall–Kier alpha value is -1.45. The highest BCUT2D eigenvalue weighted by molar-refractivity contribution is 7.98. The summed E-state index contributed by atoms with van der Waals surface area (Å²) >= 11 is 1.60. The van der Waals surface area contributed by atoms with Gasteiger partial charge in [-0.05, 0) is 30.7 Å². The molecular formula is C12H11NO3S. The SMILES string of the molecule is CSc1c(C2(N=C=O)CC2)ccc2c1OCO2. The van der Waals surface area contributed by atoms with E-state index in [1.54, 1.807) is 17.8 Å². The number of aliphatic imine (C=N–C) groups is 1. The molecule has 0 atom stereocenters. The van der Waals surface area contributed by atoms with Crippen LogP contribution in [0.4, 0.5) is 0 Å². The molecule has 1 aliphatic heterocycles. The van der Waals surface area contributed by atoms with Crippen molar-refractivity contribution in [1.82, 2.24) is 0 Å². The largest absolute Gasteiger partial charge is 0.454 e. The van der Waals surface area contributed by atoms with Gasteiger partial charge < -0.3 is 9.47 Å². The van der Waals surface area contributed by atoms with E-state index in [1.165, 1.54) is 0 Å². The van der Waals surface area contributed by atoms with Crippen LogP contribution in [0.1, 0.15) is 18.4 Å². The quantitative estimate of drug-likeness (QED) is 0.469. The average molecular weight is 249 g/mol. The van der Waals surface area contributed by atoms with Crippen LogP contribution in [0.2, 0.25) is 0 Å². The highest BCUT2D eigenvalue weighted by Crippen LogP contribution is 2.55. The minimum atomic E-state index is -0.360. The zero-order valence-electron chi connectivity index (χ0n) is 9.36. The second-order valence-electron chi connectivity index (χ2n) is 4.11. The number of hydrogen-bond acceptors (Lipinski definition) is 5. The number of carbonyl (C=O) groups excluding carboxylic acids is 1. The van der Waals surface area contributed by atoms with Crippen molar-refractivity contribution in [2.75, 3.05) is 13.0 Å². The molecule has 17 heavy (non-hydrogen) atoms. The lowest BCUT2D eigenvalue weighted by Gasteiger charge is -2.14. The summed E-state index contributed by atoms with van der Waals surface area (Å²) in [7, 11) is 0. The predicted octanol–water partition coefficient (Wildman–Crippen LogP) is 2.46. The molecule has 0 radical (unpaired) electrons. The highest BCUT2D eigenvalue weighted by Gasteiger charge is 2.47. The Labute approximate surface area is 103 Å². The van der Waals surface area contributed by atoms with Gasteiger partial charge in [-0.2, -0.15) is 4.99 Å². The van der Waals surface area contributed by atoms with Crippen molar-refractivity contribution < 1.29 is 14.3 Å². The van der Waals surface area contributed by atoms with Crippen molar-refractivity contribution in [1.29, 1.82) is 0 Å². The lowest BCUT2D eigenvalue weighted by atomic mass is 10.0. The molecule has 88 valence electrons. The highest BCUT2D eigenvalue weighted by atomic mass is 32.2. The first kappa shape index (κ1) is 10.7. The Morgan fingerprint density at radius 1 is 1.41 bits per heavy atom. The maximum Gasteiger partial charge on any atom is 0.235 e. The fourth-order valence-electron chi connectivity index (χ4n) is 2.16. The molecule has 1 aromatic carbocycles. The van der Waals surface area contributed by atoms with Crippen LogP contribution in [-0.4, -0.2) is 19.1 Å². The van der Waals surface area contributed by atoms with Crippen LogP contribution in [0.5, 0.6) is 11.5 Å². The van der Waals surface area contributed by atoms with Crippen LogP contribution >= 0.6 is 11.8 Å². The second kappa shape index (κ2) is 3.79.